The second kappa shape index (κ2) is 10.8. The highest BCUT2D eigenvalue weighted by molar-refractivity contribution is 5.95. The summed E-state index contributed by atoms with van der Waals surface area (Å²) in [6.07, 6.45) is 0. The summed E-state index contributed by atoms with van der Waals surface area (Å²) in [4.78, 5) is 21.0. The van der Waals surface area contributed by atoms with E-state index >= 15 is 0 Å². The molecule has 0 aliphatic rings. The summed E-state index contributed by atoms with van der Waals surface area (Å²) < 4.78 is 10.4. The lowest BCUT2D eigenvalue weighted by molar-refractivity contribution is -0.145. The Morgan fingerprint density at radius 1 is 1.00 bits per heavy atom. The predicted molar refractivity (Wildman–Crippen MR) is 126 cm³/mol. The van der Waals surface area contributed by atoms with Gasteiger partial charge in [-0.25, -0.2) is 9.78 Å². The minimum atomic E-state index is -0.371. The first-order chi connectivity index (χ1) is 15.0. The summed E-state index contributed by atoms with van der Waals surface area (Å²) in [5.74, 6) is 1.25. The first-order valence-electron chi connectivity index (χ1n) is 10.7. The number of fused-ring (bicyclic) bond motifs is 1. The Labute approximate surface area is 184 Å². The number of esters is 1. The number of hydrogen-bond donors (Lipinski definition) is 0. The Morgan fingerprint density at radius 2 is 1.74 bits per heavy atom. The topological polar surface area (TPSA) is 54.9 Å². The van der Waals surface area contributed by atoms with Gasteiger partial charge in [-0.1, -0.05) is 24.3 Å². The zero-order chi connectivity index (χ0) is 22.2. The summed E-state index contributed by atoms with van der Waals surface area (Å²) in [5.41, 5.74) is 1.91. The van der Waals surface area contributed by atoms with Crippen molar-refractivity contribution in [3.63, 3.8) is 0 Å². The number of carbonyl (C=O) groups excluding carboxylic acids is 1. The molecule has 0 radical (unpaired) electrons. The van der Waals surface area contributed by atoms with Crippen LogP contribution in [0.2, 0.25) is 0 Å². The van der Waals surface area contributed by atoms with Gasteiger partial charge in [0.05, 0.1) is 12.3 Å². The van der Waals surface area contributed by atoms with E-state index in [-0.39, 0.29) is 12.6 Å². The number of aromatic nitrogens is 1. The van der Waals surface area contributed by atoms with Crippen LogP contribution >= 0.6 is 0 Å². The molecule has 6 heteroatoms. The minimum Gasteiger partial charge on any atom is -0.482 e. The van der Waals surface area contributed by atoms with Gasteiger partial charge in [0.25, 0.3) is 0 Å². The van der Waals surface area contributed by atoms with E-state index in [1.54, 1.807) is 6.92 Å². The third kappa shape index (κ3) is 5.95. The van der Waals surface area contributed by atoms with Crippen molar-refractivity contribution < 1.29 is 14.3 Å². The number of anilines is 1. The van der Waals surface area contributed by atoms with E-state index in [4.69, 9.17) is 14.5 Å². The number of hydrogen-bond acceptors (Lipinski definition) is 6. The van der Waals surface area contributed by atoms with Crippen molar-refractivity contribution in [2.24, 2.45) is 0 Å². The summed E-state index contributed by atoms with van der Waals surface area (Å²) in [6.45, 7) is 6.94. The van der Waals surface area contributed by atoms with Gasteiger partial charge in [0.1, 0.15) is 11.6 Å². The lowest BCUT2D eigenvalue weighted by atomic mass is 10.1. The first-order valence-corrected chi connectivity index (χ1v) is 10.7. The first kappa shape index (κ1) is 22.6. The Bertz CT molecular complexity index is 1000. The molecule has 0 saturated carbocycles. The van der Waals surface area contributed by atoms with E-state index in [9.17, 15) is 4.79 Å². The van der Waals surface area contributed by atoms with Crippen LogP contribution in [0.3, 0.4) is 0 Å². The molecular weight excluding hydrogens is 390 g/mol. The van der Waals surface area contributed by atoms with Crippen LogP contribution in [0.15, 0.2) is 54.6 Å². The highest BCUT2D eigenvalue weighted by Gasteiger charge is 2.14. The molecule has 2 aromatic carbocycles. The molecule has 0 atom stereocenters. The summed E-state index contributed by atoms with van der Waals surface area (Å²) in [6, 6.07) is 18.1. The number of ether oxygens (including phenoxy) is 2. The summed E-state index contributed by atoms with van der Waals surface area (Å²) in [5, 5.41) is 2.31. The van der Waals surface area contributed by atoms with Crippen LogP contribution in [0.5, 0.6) is 5.75 Å². The lowest BCUT2D eigenvalue weighted by Gasteiger charge is -2.26. The molecule has 0 spiro atoms. The Balaban J connectivity index is 1.89. The predicted octanol–water partition coefficient (Wildman–Crippen LogP) is 4.23. The van der Waals surface area contributed by atoms with E-state index < -0.39 is 0 Å². The smallest absolute Gasteiger partial charge is 0.344 e. The van der Waals surface area contributed by atoms with Crippen molar-refractivity contribution in [2.45, 2.75) is 13.8 Å². The van der Waals surface area contributed by atoms with Gasteiger partial charge in [-0.05, 0) is 63.7 Å². The van der Waals surface area contributed by atoms with Crippen LogP contribution in [0.1, 0.15) is 13.8 Å². The Kier molecular flexibility index (Phi) is 7.84. The molecule has 3 aromatic rings. The molecule has 0 saturated heterocycles. The number of pyridine rings is 1. The second-order valence-corrected chi connectivity index (χ2v) is 7.55. The third-order valence-corrected chi connectivity index (χ3v) is 5.03. The standard InChI is InChI=1S/C25H31N3O3/c1-5-28(16-15-27(3)4)25-22-10-8-7-9-20(22)17-23(26-25)19-11-13-21(14-12-19)31-18-24(29)30-6-2/h7-14,17H,5-6,15-16,18H2,1-4H3. The van der Waals surface area contributed by atoms with E-state index in [0.29, 0.717) is 12.4 Å². The normalized spacial score (nSPS) is 11.0. The molecule has 1 heterocycles. The van der Waals surface area contributed by atoms with Crippen LogP contribution < -0.4 is 9.64 Å². The Hall–Kier alpha value is -3.12. The van der Waals surface area contributed by atoms with E-state index in [2.05, 4.69) is 61.2 Å². The van der Waals surface area contributed by atoms with Crippen LogP contribution in [0.25, 0.3) is 22.0 Å². The van der Waals surface area contributed by atoms with Gasteiger partial charge in [0.15, 0.2) is 6.61 Å². The van der Waals surface area contributed by atoms with Gasteiger partial charge >= 0.3 is 5.97 Å². The number of carbonyl (C=O) groups is 1. The van der Waals surface area contributed by atoms with Crippen molar-refractivity contribution in [2.75, 3.05) is 51.8 Å². The van der Waals surface area contributed by atoms with Gasteiger partial charge in [0, 0.05) is 30.6 Å². The van der Waals surface area contributed by atoms with Crippen molar-refractivity contribution >= 4 is 22.6 Å². The molecule has 0 amide bonds. The molecule has 1 aromatic heterocycles. The van der Waals surface area contributed by atoms with Crippen LogP contribution in [-0.2, 0) is 9.53 Å². The Morgan fingerprint density at radius 3 is 2.42 bits per heavy atom. The van der Waals surface area contributed by atoms with Crippen LogP contribution in [-0.4, -0.2) is 62.8 Å². The maximum absolute atomic E-state index is 11.5. The fourth-order valence-electron chi connectivity index (χ4n) is 3.37. The number of nitrogens with zero attached hydrogens (tertiary/aromatic N) is 3. The van der Waals surface area contributed by atoms with Crippen molar-refractivity contribution in [1.82, 2.24) is 9.88 Å². The number of rotatable bonds is 10. The average Bonchev–Trinajstić information content (AvgIpc) is 2.78. The number of likely N-dealkylation sites (N-methyl/N-ethyl adjacent to an activating group) is 2. The van der Waals surface area contributed by atoms with E-state index in [1.807, 2.05) is 24.3 Å². The fraction of sp³-hybridized carbons (Fsp3) is 0.360. The van der Waals surface area contributed by atoms with E-state index in [1.165, 1.54) is 0 Å². The zero-order valence-corrected chi connectivity index (χ0v) is 18.8. The molecule has 0 fully saturated rings. The van der Waals surface area contributed by atoms with Gasteiger partial charge < -0.3 is 19.3 Å². The largest absolute Gasteiger partial charge is 0.482 e. The quantitative estimate of drug-likeness (QED) is 0.457. The lowest BCUT2D eigenvalue weighted by Crippen LogP contribution is -2.32. The zero-order valence-electron chi connectivity index (χ0n) is 18.8. The fourth-order valence-corrected chi connectivity index (χ4v) is 3.37. The van der Waals surface area contributed by atoms with Crippen molar-refractivity contribution in [3.05, 3.63) is 54.6 Å². The van der Waals surface area contributed by atoms with Crippen molar-refractivity contribution in [1.29, 1.82) is 0 Å². The average molecular weight is 422 g/mol. The van der Waals surface area contributed by atoms with Gasteiger partial charge in [-0.2, -0.15) is 0 Å². The van der Waals surface area contributed by atoms with Gasteiger partial charge in [-0.15, -0.1) is 0 Å². The summed E-state index contributed by atoms with van der Waals surface area (Å²) in [7, 11) is 4.17. The van der Waals surface area contributed by atoms with Gasteiger partial charge in [0.2, 0.25) is 0 Å². The molecule has 0 unspecified atom stereocenters. The van der Waals surface area contributed by atoms with Crippen LogP contribution in [0.4, 0.5) is 5.82 Å². The molecule has 164 valence electrons. The van der Waals surface area contributed by atoms with Crippen molar-refractivity contribution in [3.8, 4) is 17.0 Å². The molecule has 0 aliphatic carbocycles. The molecule has 0 aliphatic heterocycles. The summed E-state index contributed by atoms with van der Waals surface area (Å²) >= 11 is 0. The maximum atomic E-state index is 11.5. The monoisotopic (exact) mass is 421 g/mol. The molecule has 31 heavy (non-hydrogen) atoms. The minimum absolute atomic E-state index is 0.0944. The highest BCUT2D eigenvalue weighted by atomic mass is 16.6. The molecule has 0 bridgehead atoms. The van der Waals surface area contributed by atoms with E-state index in [0.717, 1.165) is 47.5 Å². The molecule has 3 rings (SSSR count). The highest BCUT2D eigenvalue weighted by Crippen LogP contribution is 2.30. The van der Waals surface area contributed by atoms with Gasteiger partial charge in [-0.3, -0.25) is 0 Å². The molecule has 6 nitrogen and oxygen atoms in total. The molecule has 0 N–H and O–H groups in total. The second-order valence-electron chi connectivity index (χ2n) is 7.55. The van der Waals surface area contributed by atoms with Crippen LogP contribution in [0, 0.1) is 0 Å². The third-order valence-electron chi connectivity index (χ3n) is 5.03. The maximum Gasteiger partial charge on any atom is 0.344 e. The SMILES string of the molecule is CCOC(=O)COc1ccc(-c2cc3ccccc3c(N(CC)CCN(C)C)n2)cc1. The number of benzene rings is 2. The molecular formula is C25H31N3O3.